The van der Waals surface area contributed by atoms with Crippen molar-refractivity contribution in [3.8, 4) is 11.5 Å². The van der Waals surface area contributed by atoms with Crippen molar-refractivity contribution < 1.29 is 50.5 Å². The second-order valence-corrected chi connectivity index (χ2v) is 6.29. The van der Waals surface area contributed by atoms with Crippen molar-refractivity contribution >= 4 is 5.97 Å². The maximum atomic E-state index is 13.9. The van der Waals surface area contributed by atoms with Crippen molar-refractivity contribution in [1.29, 1.82) is 0 Å². The number of carbonyl (C=O) groups excluding carboxylic acids is 1. The number of rotatable bonds is 7. The van der Waals surface area contributed by atoms with Gasteiger partial charge in [-0.1, -0.05) is 27.5 Å². The van der Waals surface area contributed by atoms with Gasteiger partial charge < -0.3 is 19.9 Å². The molecule has 1 aromatic carbocycles. The van der Waals surface area contributed by atoms with Crippen LogP contribution in [0.4, 0.5) is 0 Å². The molecule has 2 heterocycles. The van der Waals surface area contributed by atoms with Crippen LogP contribution < -0.4 is 15.2 Å². The van der Waals surface area contributed by atoms with Crippen LogP contribution in [0.3, 0.4) is 0 Å². The van der Waals surface area contributed by atoms with Crippen LogP contribution in [0.1, 0.15) is 88.9 Å². The fourth-order valence-electron chi connectivity index (χ4n) is 2.85. The van der Waals surface area contributed by atoms with Crippen molar-refractivity contribution in [2.45, 2.75) is 64.8 Å². The minimum atomic E-state index is -4.83. The maximum absolute atomic E-state index is 13.9. The molecule has 4 unspecified atom stereocenters. The molecule has 0 spiro atoms. The minimum Gasteiger partial charge on any atom is -0.493 e. The Hall–Kier alpha value is -1.79. The second kappa shape index (κ2) is 9.56. The van der Waals surface area contributed by atoms with Crippen molar-refractivity contribution in [3.05, 3.63) is 23.2 Å². The molecule has 3 rings (SSSR count). The molecule has 0 radical (unpaired) electrons. The van der Waals surface area contributed by atoms with Gasteiger partial charge in [0.05, 0.1) is 21.1 Å². The van der Waals surface area contributed by atoms with E-state index in [1.807, 2.05) is 0 Å². The molecule has 1 aromatic rings. The van der Waals surface area contributed by atoms with Crippen LogP contribution in [0.15, 0.2) is 12.1 Å². The minimum absolute atomic E-state index is 0.114. The molecule has 0 bridgehead atoms. The lowest BCUT2D eigenvalue weighted by Gasteiger charge is -2.47. The Labute approximate surface area is 213 Å². The predicted octanol–water partition coefficient (Wildman–Crippen LogP) is 3.56. The number of methoxy groups -OCH3 is 2. The molecule has 2 N–H and O–H groups in total. The van der Waals surface area contributed by atoms with E-state index in [0.717, 1.165) is 14.2 Å². The molecule has 6 nitrogen and oxygen atoms in total. The number of nitrogens with zero attached hydrogens (tertiary/aromatic N) is 1. The van der Waals surface area contributed by atoms with Gasteiger partial charge in [-0.2, -0.15) is 0 Å². The first-order valence-electron chi connectivity index (χ1n) is 20.2. The summed E-state index contributed by atoms with van der Waals surface area (Å²) in [7, 11) is 2.06. The summed E-state index contributed by atoms with van der Waals surface area (Å²) in [6, 6.07) is -9.75. The molecule has 168 valence electrons. The summed E-state index contributed by atoms with van der Waals surface area (Å²) in [5.41, 5.74) is 4.24. The molecule has 5 atom stereocenters. The second-order valence-electron chi connectivity index (χ2n) is 6.29. The zero-order valence-electron chi connectivity index (χ0n) is 39.6. The number of hydrogen-bond acceptors (Lipinski definition) is 6. The zero-order valence-corrected chi connectivity index (χ0v) is 16.6. The monoisotopic (exact) mass is 441 g/mol. The Bertz CT molecular complexity index is 1640. The number of benzene rings is 1. The van der Waals surface area contributed by atoms with Crippen LogP contribution in [0.5, 0.6) is 11.5 Å². The van der Waals surface area contributed by atoms with E-state index in [9.17, 15) is 14.4 Å². The number of fused-ring (bicyclic) bond motifs is 3. The summed E-state index contributed by atoms with van der Waals surface area (Å²) < 4.78 is 211. The summed E-state index contributed by atoms with van der Waals surface area (Å²) in [6.45, 7) is -17.0. The third kappa shape index (κ3) is 4.75. The number of esters is 1. The summed E-state index contributed by atoms with van der Waals surface area (Å²) in [5, 5.41) is 0. The molecule has 0 aromatic heterocycles. The highest BCUT2D eigenvalue weighted by molar-refractivity contribution is 5.76. The summed E-state index contributed by atoms with van der Waals surface area (Å²) >= 11 is 0. The number of carbonyl (C=O) groups is 1. The topological polar surface area (TPSA) is 74.0 Å². The van der Waals surface area contributed by atoms with Gasteiger partial charge in [-0.15, -0.1) is 0 Å². The van der Waals surface area contributed by atoms with Crippen LogP contribution >= 0.6 is 0 Å². The van der Waals surface area contributed by atoms with E-state index in [1.54, 1.807) is 0 Å². The largest absolute Gasteiger partial charge is 0.493 e. The van der Waals surface area contributed by atoms with Gasteiger partial charge in [0.2, 0.25) is 0 Å². The average Bonchev–Trinajstić information content (AvgIpc) is 2.98. The van der Waals surface area contributed by atoms with E-state index in [-0.39, 0.29) is 4.90 Å². The lowest BCUT2D eigenvalue weighted by atomic mass is 9.79. The first-order chi connectivity index (χ1) is 23.2. The van der Waals surface area contributed by atoms with E-state index in [1.165, 1.54) is 0 Å². The lowest BCUT2D eigenvalue weighted by Crippen LogP contribution is -2.51. The molecule has 30 heavy (non-hydrogen) atoms. The SMILES string of the molecule is [2H]c1c2c(c([2H])c(OC)c1OC)C1([2H])N(CC2)C([2H])([2H])C([2H])(C([2H])([2H])C([2H])(C)C([2H])([2H])[2H])C([2H])(OC(=O)[C@@]([2H])(N)C([2H])(C([2H])([2H])[2H])C([2H])([2H])[2H])C1([2H])[2H]. The van der Waals surface area contributed by atoms with Gasteiger partial charge >= 0.3 is 5.97 Å². The molecule has 1 saturated heterocycles. The van der Waals surface area contributed by atoms with Crippen molar-refractivity contribution in [2.24, 2.45) is 23.4 Å². The summed E-state index contributed by atoms with van der Waals surface area (Å²) in [5.74, 6) is -16.6. The fourth-order valence-corrected chi connectivity index (χ4v) is 2.85. The van der Waals surface area contributed by atoms with Crippen LogP contribution in [-0.2, 0) is 16.0 Å². The third-order valence-electron chi connectivity index (χ3n) is 4.21. The quantitative estimate of drug-likeness (QED) is 0.652. The number of piperidine rings is 1. The highest BCUT2D eigenvalue weighted by Crippen LogP contribution is 2.44. The fraction of sp³-hybridized carbons (Fsp3) is 0.708. The molecular weight excluding hydrogens is 380 g/mol. The Morgan fingerprint density at radius 2 is 2.17 bits per heavy atom. The average molecular weight is 442 g/mol. The molecule has 0 amide bonds. The highest BCUT2D eigenvalue weighted by Gasteiger charge is 2.41. The number of nitrogens with two attached hydrogens (primary N) is 1. The van der Waals surface area contributed by atoms with Gasteiger partial charge in [0.1, 0.15) is 12.1 Å². The van der Waals surface area contributed by atoms with Gasteiger partial charge in [-0.25, -0.2) is 0 Å². The molecule has 0 aliphatic carbocycles. The van der Waals surface area contributed by atoms with Crippen LogP contribution in [0, 0.1) is 17.7 Å². The Morgan fingerprint density at radius 1 is 1.43 bits per heavy atom. The Balaban J connectivity index is 2.66. The van der Waals surface area contributed by atoms with Gasteiger partial charge in [0, 0.05) is 56.0 Å². The smallest absolute Gasteiger partial charge is 0.323 e. The highest BCUT2D eigenvalue weighted by atomic mass is 16.5. The van der Waals surface area contributed by atoms with Gasteiger partial charge in [-0.3, -0.25) is 9.69 Å². The molecule has 0 saturated carbocycles. The van der Waals surface area contributed by atoms with E-state index >= 15 is 0 Å². The number of hydrogen-bond donors (Lipinski definition) is 1. The first kappa shape index (κ1) is 7.38. The Kier molecular flexibility index (Phi) is 2.35. The normalized spacial score (nSPS) is 51.9. The molecule has 1 fully saturated rings. The lowest BCUT2D eigenvalue weighted by molar-refractivity contribution is -0.160. The summed E-state index contributed by atoms with van der Waals surface area (Å²) in [6.07, 6.45) is -14.2. The number of ether oxygens (including phenoxy) is 3. The van der Waals surface area contributed by atoms with E-state index in [4.69, 9.17) is 41.9 Å². The first-order valence-corrected chi connectivity index (χ1v) is 8.74. The molecule has 2 aliphatic rings. The van der Waals surface area contributed by atoms with Gasteiger partial charge in [0.15, 0.2) is 11.5 Å². The van der Waals surface area contributed by atoms with E-state index in [2.05, 4.69) is 0 Å². The van der Waals surface area contributed by atoms with E-state index in [0.29, 0.717) is 6.92 Å². The van der Waals surface area contributed by atoms with Gasteiger partial charge in [-0.05, 0) is 47.8 Å². The van der Waals surface area contributed by atoms with Crippen molar-refractivity contribution in [3.63, 3.8) is 0 Å². The van der Waals surface area contributed by atoms with E-state index < -0.39 is 129 Å². The van der Waals surface area contributed by atoms with Crippen molar-refractivity contribution in [1.82, 2.24) is 4.90 Å². The molecular formula is C24H38N2O4. The zero-order chi connectivity index (χ0) is 42.2. The van der Waals surface area contributed by atoms with Gasteiger partial charge in [0.25, 0.3) is 0 Å². The maximum Gasteiger partial charge on any atom is 0.323 e. The van der Waals surface area contributed by atoms with Crippen molar-refractivity contribution in [2.75, 3.05) is 27.3 Å². The van der Waals surface area contributed by atoms with Crippen LogP contribution in [0.25, 0.3) is 0 Å². The van der Waals surface area contributed by atoms with Crippen LogP contribution in [0.2, 0.25) is 0 Å². The molecule has 2 aliphatic heterocycles. The van der Waals surface area contributed by atoms with Crippen LogP contribution in [-0.4, -0.2) is 50.2 Å². The molecule has 6 heteroatoms. The third-order valence-corrected chi connectivity index (χ3v) is 4.21. The summed E-state index contributed by atoms with van der Waals surface area (Å²) in [4.78, 5) is 14.1. The predicted molar refractivity (Wildman–Crippen MR) is 118 cm³/mol. The standard InChI is InChI=1S/C24H38N2O4/c1-14(2)9-17-13-26-8-7-16-10-21(28-5)22(29-6)11-18(16)19(26)12-20(17)30-24(27)23(25)15(3)4/h10-11,14-15,17,19-20,23H,7-9,12-13,25H2,1-6H3/t17?,19?,20?,23-/m0/s1/i1D3,3D3,4D3,9D2,10D,11D,12D2,13D2,14D,15D,17D,19D,20D,23D/t14?,17?,19?,20?,23-. The Morgan fingerprint density at radius 3 is 2.83 bits per heavy atom.